The molecule has 0 radical (unpaired) electrons. The van der Waals surface area contributed by atoms with Crippen LogP contribution in [0.5, 0.6) is 5.75 Å². The third-order valence-corrected chi connectivity index (χ3v) is 3.75. The Labute approximate surface area is 119 Å². The predicted molar refractivity (Wildman–Crippen MR) is 75.6 cm³/mol. The average Bonchev–Trinajstić information content (AvgIpc) is 2.81. The summed E-state index contributed by atoms with van der Waals surface area (Å²) in [5, 5.41) is 3.33. The minimum Gasteiger partial charge on any atom is -0.491 e. The standard InChI is InChI=1S/C15H13BrFNO/c16-11-6-5-10(13(17)7-11)8-18-14-9-19-15-4-2-1-3-12(14)15/h1-7,14,18H,8-9H2. The van der Waals surface area contributed by atoms with Crippen LogP contribution in [0.1, 0.15) is 17.2 Å². The van der Waals surface area contributed by atoms with Crippen LogP contribution in [0.25, 0.3) is 0 Å². The lowest BCUT2D eigenvalue weighted by Gasteiger charge is -2.12. The van der Waals surface area contributed by atoms with Gasteiger partial charge in [0.05, 0.1) is 6.04 Å². The van der Waals surface area contributed by atoms with Crippen LogP contribution in [-0.4, -0.2) is 6.61 Å². The average molecular weight is 322 g/mol. The molecule has 98 valence electrons. The maximum atomic E-state index is 13.7. The van der Waals surface area contributed by atoms with Gasteiger partial charge in [0.25, 0.3) is 0 Å². The van der Waals surface area contributed by atoms with E-state index in [0.29, 0.717) is 18.7 Å². The first kappa shape index (κ1) is 12.6. The lowest BCUT2D eigenvalue weighted by Crippen LogP contribution is -2.22. The van der Waals surface area contributed by atoms with Gasteiger partial charge in [0, 0.05) is 22.1 Å². The Morgan fingerprint density at radius 2 is 2.11 bits per heavy atom. The number of halogens is 2. The van der Waals surface area contributed by atoms with Crippen LogP contribution in [0.15, 0.2) is 46.9 Å². The van der Waals surface area contributed by atoms with E-state index >= 15 is 0 Å². The SMILES string of the molecule is Fc1cc(Br)ccc1CNC1COc2ccccc21. The molecule has 2 aromatic carbocycles. The molecule has 0 fully saturated rings. The quantitative estimate of drug-likeness (QED) is 0.928. The zero-order valence-electron chi connectivity index (χ0n) is 10.2. The van der Waals surface area contributed by atoms with E-state index in [1.54, 1.807) is 6.07 Å². The molecular weight excluding hydrogens is 309 g/mol. The fourth-order valence-corrected chi connectivity index (χ4v) is 2.56. The van der Waals surface area contributed by atoms with E-state index < -0.39 is 0 Å². The second kappa shape index (κ2) is 5.31. The minimum absolute atomic E-state index is 0.124. The van der Waals surface area contributed by atoms with E-state index in [4.69, 9.17) is 4.74 Å². The third-order valence-electron chi connectivity index (χ3n) is 3.25. The number of fused-ring (bicyclic) bond motifs is 1. The van der Waals surface area contributed by atoms with Crippen molar-refractivity contribution >= 4 is 15.9 Å². The molecule has 0 spiro atoms. The first-order valence-corrected chi connectivity index (χ1v) is 6.92. The van der Waals surface area contributed by atoms with Crippen molar-refractivity contribution in [1.29, 1.82) is 0 Å². The van der Waals surface area contributed by atoms with Gasteiger partial charge in [-0.3, -0.25) is 0 Å². The maximum Gasteiger partial charge on any atom is 0.128 e. The van der Waals surface area contributed by atoms with Gasteiger partial charge in [-0.15, -0.1) is 0 Å². The van der Waals surface area contributed by atoms with Crippen molar-refractivity contribution in [1.82, 2.24) is 5.32 Å². The molecule has 0 saturated carbocycles. The summed E-state index contributed by atoms with van der Waals surface area (Å²) in [6.07, 6.45) is 0. The van der Waals surface area contributed by atoms with Crippen molar-refractivity contribution < 1.29 is 9.13 Å². The molecule has 1 atom stereocenters. The molecule has 0 bridgehead atoms. The van der Waals surface area contributed by atoms with Gasteiger partial charge in [-0.25, -0.2) is 4.39 Å². The second-order valence-electron chi connectivity index (χ2n) is 4.52. The van der Waals surface area contributed by atoms with E-state index in [2.05, 4.69) is 21.2 Å². The summed E-state index contributed by atoms with van der Waals surface area (Å²) in [5.41, 5.74) is 1.80. The van der Waals surface area contributed by atoms with Gasteiger partial charge in [0.1, 0.15) is 18.2 Å². The topological polar surface area (TPSA) is 21.3 Å². The van der Waals surface area contributed by atoms with Crippen LogP contribution in [0.3, 0.4) is 0 Å². The monoisotopic (exact) mass is 321 g/mol. The molecule has 1 unspecified atom stereocenters. The normalized spacial score (nSPS) is 17.1. The van der Waals surface area contributed by atoms with Gasteiger partial charge in [-0.05, 0) is 18.2 Å². The summed E-state index contributed by atoms with van der Waals surface area (Å²) in [7, 11) is 0. The smallest absolute Gasteiger partial charge is 0.128 e. The van der Waals surface area contributed by atoms with Gasteiger partial charge < -0.3 is 10.1 Å². The Morgan fingerprint density at radius 1 is 1.26 bits per heavy atom. The van der Waals surface area contributed by atoms with Gasteiger partial charge in [-0.2, -0.15) is 0 Å². The second-order valence-corrected chi connectivity index (χ2v) is 5.43. The van der Waals surface area contributed by atoms with Crippen molar-refractivity contribution in [3.63, 3.8) is 0 Å². The van der Waals surface area contributed by atoms with Crippen LogP contribution in [0.2, 0.25) is 0 Å². The fraction of sp³-hybridized carbons (Fsp3) is 0.200. The van der Waals surface area contributed by atoms with Gasteiger partial charge in [0.15, 0.2) is 0 Å². The molecule has 2 nitrogen and oxygen atoms in total. The van der Waals surface area contributed by atoms with Crippen LogP contribution in [0.4, 0.5) is 4.39 Å². The van der Waals surface area contributed by atoms with Crippen LogP contribution >= 0.6 is 15.9 Å². The molecule has 0 saturated heterocycles. The zero-order valence-corrected chi connectivity index (χ0v) is 11.8. The Kier molecular flexibility index (Phi) is 3.53. The van der Waals surface area contributed by atoms with Crippen molar-refractivity contribution in [3.05, 3.63) is 63.9 Å². The summed E-state index contributed by atoms with van der Waals surface area (Å²) in [6.45, 7) is 1.08. The molecule has 1 heterocycles. The largest absolute Gasteiger partial charge is 0.491 e. The number of nitrogens with one attached hydrogen (secondary N) is 1. The summed E-state index contributed by atoms with van der Waals surface area (Å²) in [5.74, 6) is 0.713. The molecule has 1 aliphatic heterocycles. The number of ether oxygens (including phenoxy) is 1. The lowest BCUT2D eigenvalue weighted by atomic mass is 10.1. The first-order valence-electron chi connectivity index (χ1n) is 6.13. The number of rotatable bonds is 3. The van der Waals surface area contributed by atoms with E-state index in [0.717, 1.165) is 15.8 Å². The molecule has 4 heteroatoms. The number of para-hydroxylation sites is 1. The number of hydrogen-bond donors (Lipinski definition) is 1. The number of hydrogen-bond acceptors (Lipinski definition) is 2. The number of benzene rings is 2. The van der Waals surface area contributed by atoms with E-state index in [9.17, 15) is 4.39 Å². The summed E-state index contributed by atoms with van der Waals surface area (Å²) in [4.78, 5) is 0. The van der Waals surface area contributed by atoms with E-state index in [-0.39, 0.29) is 11.9 Å². The van der Waals surface area contributed by atoms with Gasteiger partial charge in [0.2, 0.25) is 0 Å². The van der Waals surface area contributed by atoms with E-state index in [1.165, 1.54) is 6.07 Å². The highest BCUT2D eigenvalue weighted by atomic mass is 79.9. The third kappa shape index (κ3) is 2.65. The van der Waals surface area contributed by atoms with Gasteiger partial charge >= 0.3 is 0 Å². The zero-order chi connectivity index (χ0) is 13.2. The Balaban J connectivity index is 1.71. The highest BCUT2D eigenvalue weighted by Crippen LogP contribution is 2.31. The van der Waals surface area contributed by atoms with Crippen LogP contribution in [-0.2, 0) is 6.54 Å². The Bertz CT molecular complexity index is 602. The minimum atomic E-state index is -0.200. The molecule has 2 aromatic rings. The highest BCUT2D eigenvalue weighted by molar-refractivity contribution is 9.10. The molecule has 3 rings (SSSR count). The predicted octanol–water partition coefficient (Wildman–Crippen LogP) is 3.81. The van der Waals surface area contributed by atoms with Crippen molar-refractivity contribution in [3.8, 4) is 5.75 Å². The summed E-state index contributed by atoms with van der Waals surface area (Å²) < 4.78 is 20.1. The molecule has 1 N–H and O–H groups in total. The first-order chi connectivity index (χ1) is 9.24. The van der Waals surface area contributed by atoms with Crippen molar-refractivity contribution in [2.24, 2.45) is 0 Å². The molecule has 0 amide bonds. The summed E-state index contributed by atoms with van der Waals surface area (Å²) >= 11 is 3.25. The van der Waals surface area contributed by atoms with Crippen molar-refractivity contribution in [2.45, 2.75) is 12.6 Å². The lowest BCUT2D eigenvalue weighted by molar-refractivity contribution is 0.310. The molecule has 19 heavy (non-hydrogen) atoms. The Hall–Kier alpha value is -1.39. The molecule has 0 aromatic heterocycles. The highest BCUT2D eigenvalue weighted by Gasteiger charge is 2.23. The van der Waals surface area contributed by atoms with Crippen LogP contribution in [0, 0.1) is 5.82 Å². The van der Waals surface area contributed by atoms with Crippen LogP contribution < -0.4 is 10.1 Å². The molecule has 1 aliphatic rings. The van der Waals surface area contributed by atoms with Crippen molar-refractivity contribution in [2.75, 3.05) is 6.61 Å². The van der Waals surface area contributed by atoms with Gasteiger partial charge in [-0.1, -0.05) is 40.2 Å². The molecular formula is C15H13BrFNO. The molecule has 0 aliphatic carbocycles. The maximum absolute atomic E-state index is 13.7. The fourth-order valence-electron chi connectivity index (χ4n) is 2.23. The van der Waals surface area contributed by atoms with E-state index in [1.807, 2.05) is 30.3 Å². The summed E-state index contributed by atoms with van der Waals surface area (Å²) in [6, 6.07) is 13.2. The Morgan fingerprint density at radius 3 is 2.95 bits per heavy atom.